The summed E-state index contributed by atoms with van der Waals surface area (Å²) >= 11 is 0. The lowest BCUT2D eigenvalue weighted by Crippen LogP contribution is -2.70. The number of ether oxygens (including phenoxy) is 2. The average molecular weight is 348 g/mol. The van der Waals surface area contributed by atoms with Crippen LogP contribution in [0.15, 0.2) is 18.2 Å². The van der Waals surface area contributed by atoms with Gasteiger partial charge < -0.3 is 14.4 Å². The summed E-state index contributed by atoms with van der Waals surface area (Å²) in [6.07, 6.45) is 3.23. The summed E-state index contributed by atoms with van der Waals surface area (Å²) in [5.74, 6) is -0.347. The number of halogens is 1. The van der Waals surface area contributed by atoms with Crippen LogP contribution in [0.4, 0.5) is 4.39 Å². The van der Waals surface area contributed by atoms with Gasteiger partial charge in [-0.05, 0) is 44.7 Å². The number of alkyl halides is 1. The van der Waals surface area contributed by atoms with E-state index in [0.717, 1.165) is 30.7 Å². The zero-order valence-electron chi connectivity index (χ0n) is 14.7. The summed E-state index contributed by atoms with van der Waals surface area (Å²) < 4.78 is 26.2. The first-order valence-corrected chi connectivity index (χ1v) is 9.15. The second kappa shape index (κ2) is 6.32. The first-order valence-electron chi connectivity index (χ1n) is 9.15. The Hall–Kier alpha value is -1.53. The highest BCUT2D eigenvalue weighted by atomic mass is 19.1. The molecule has 1 aromatic heterocycles. The van der Waals surface area contributed by atoms with E-state index < -0.39 is 5.67 Å². The molecule has 1 amide bonds. The third-order valence-corrected chi connectivity index (χ3v) is 5.64. The summed E-state index contributed by atoms with van der Waals surface area (Å²) in [6, 6.07) is 5.91. The molecule has 1 aliphatic carbocycles. The summed E-state index contributed by atoms with van der Waals surface area (Å²) in [6.45, 7) is 4.04. The van der Waals surface area contributed by atoms with Gasteiger partial charge in [-0.25, -0.2) is 4.39 Å². The Morgan fingerprint density at radius 3 is 2.92 bits per heavy atom. The molecule has 0 N–H and O–H groups in total. The standard InChI is InChI=1S/C19H25FN2O3/c1-14-4-2-5-15(21-14)11-24-16-6-9-25-18(10-16)12-22(13-18)17(23)19(20)7-3-8-19/h2,4-5,16H,3,6-13H2,1H3/t16-/m0/s1. The largest absolute Gasteiger partial charge is 0.372 e. The van der Waals surface area contributed by atoms with Crippen molar-refractivity contribution in [1.29, 1.82) is 0 Å². The van der Waals surface area contributed by atoms with Gasteiger partial charge in [0.25, 0.3) is 5.91 Å². The van der Waals surface area contributed by atoms with Crippen molar-refractivity contribution >= 4 is 5.91 Å². The number of aromatic nitrogens is 1. The average Bonchev–Trinajstić information content (AvgIpc) is 2.55. The van der Waals surface area contributed by atoms with E-state index in [4.69, 9.17) is 9.47 Å². The van der Waals surface area contributed by atoms with Gasteiger partial charge >= 0.3 is 0 Å². The predicted molar refractivity (Wildman–Crippen MR) is 89.7 cm³/mol. The van der Waals surface area contributed by atoms with E-state index in [0.29, 0.717) is 39.1 Å². The molecule has 1 atom stereocenters. The van der Waals surface area contributed by atoms with E-state index in [2.05, 4.69) is 4.98 Å². The highest BCUT2D eigenvalue weighted by Gasteiger charge is 2.55. The molecule has 2 saturated heterocycles. The Labute approximate surface area is 147 Å². The predicted octanol–water partition coefficient (Wildman–Crippen LogP) is 2.56. The van der Waals surface area contributed by atoms with Crippen LogP contribution >= 0.6 is 0 Å². The molecule has 4 rings (SSSR count). The smallest absolute Gasteiger partial charge is 0.260 e. The molecular weight excluding hydrogens is 323 g/mol. The molecule has 6 heteroatoms. The second-order valence-electron chi connectivity index (χ2n) is 7.71. The lowest BCUT2D eigenvalue weighted by molar-refractivity contribution is -0.210. The first kappa shape index (κ1) is 16.9. The normalized spacial score (nSPS) is 26.8. The zero-order valence-corrected chi connectivity index (χ0v) is 14.7. The van der Waals surface area contributed by atoms with Crippen LogP contribution in [-0.2, 0) is 20.9 Å². The fourth-order valence-corrected chi connectivity index (χ4v) is 4.01. The van der Waals surface area contributed by atoms with Crippen LogP contribution in [0.25, 0.3) is 0 Å². The molecule has 1 aromatic rings. The zero-order chi connectivity index (χ0) is 17.5. The molecular formula is C19H25FN2O3. The fourth-order valence-electron chi connectivity index (χ4n) is 4.01. The third kappa shape index (κ3) is 3.29. The minimum Gasteiger partial charge on any atom is -0.372 e. The van der Waals surface area contributed by atoms with Crippen LogP contribution in [-0.4, -0.2) is 52.9 Å². The highest BCUT2D eigenvalue weighted by molar-refractivity contribution is 5.87. The van der Waals surface area contributed by atoms with Crippen molar-refractivity contribution < 1.29 is 18.7 Å². The van der Waals surface area contributed by atoms with Crippen LogP contribution in [0.2, 0.25) is 0 Å². The summed E-state index contributed by atoms with van der Waals surface area (Å²) in [7, 11) is 0. The third-order valence-electron chi connectivity index (χ3n) is 5.64. The van der Waals surface area contributed by atoms with Crippen LogP contribution in [0.5, 0.6) is 0 Å². The van der Waals surface area contributed by atoms with Gasteiger partial charge in [0.1, 0.15) is 5.60 Å². The van der Waals surface area contributed by atoms with E-state index >= 15 is 0 Å². The maximum Gasteiger partial charge on any atom is 0.260 e. The van der Waals surface area contributed by atoms with Gasteiger partial charge in [-0.1, -0.05) is 6.07 Å². The number of hydrogen-bond donors (Lipinski definition) is 0. The number of nitrogens with zero attached hydrogens (tertiary/aromatic N) is 2. The Morgan fingerprint density at radius 1 is 1.44 bits per heavy atom. The number of rotatable bonds is 4. The van der Waals surface area contributed by atoms with Crippen LogP contribution < -0.4 is 0 Å². The number of amides is 1. The molecule has 136 valence electrons. The van der Waals surface area contributed by atoms with E-state index in [1.54, 1.807) is 4.90 Å². The second-order valence-corrected chi connectivity index (χ2v) is 7.71. The van der Waals surface area contributed by atoms with Crippen molar-refractivity contribution in [2.75, 3.05) is 19.7 Å². The van der Waals surface area contributed by atoms with Crippen molar-refractivity contribution in [2.45, 2.75) is 63.0 Å². The number of hydrogen-bond acceptors (Lipinski definition) is 4. The molecule has 0 bridgehead atoms. The van der Waals surface area contributed by atoms with Crippen molar-refractivity contribution in [2.24, 2.45) is 0 Å². The van der Waals surface area contributed by atoms with Gasteiger partial charge in [0.05, 0.1) is 31.5 Å². The van der Waals surface area contributed by atoms with Crippen molar-refractivity contribution in [3.63, 3.8) is 0 Å². The summed E-state index contributed by atoms with van der Waals surface area (Å²) in [5.41, 5.74) is -0.0500. The highest BCUT2D eigenvalue weighted by Crippen LogP contribution is 2.42. The first-order chi connectivity index (χ1) is 12.0. The van der Waals surface area contributed by atoms with Crippen molar-refractivity contribution in [3.05, 3.63) is 29.6 Å². The number of aryl methyl sites for hydroxylation is 1. The molecule has 1 spiro atoms. The van der Waals surface area contributed by atoms with E-state index in [9.17, 15) is 9.18 Å². The SMILES string of the molecule is Cc1cccc(CO[C@H]2CCOC3(C2)CN(C(=O)C2(F)CCC2)C3)n1. The van der Waals surface area contributed by atoms with Gasteiger partial charge in [-0.2, -0.15) is 0 Å². The molecule has 0 aromatic carbocycles. The Bertz CT molecular complexity index is 656. The van der Waals surface area contributed by atoms with Gasteiger partial charge in [0.2, 0.25) is 0 Å². The van der Waals surface area contributed by atoms with E-state index in [1.807, 2.05) is 25.1 Å². The molecule has 0 unspecified atom stereocenters. The minimum absolute atomic E-state index is 0.0938. The molecule has 1 saturated carbocycles. The summed E-state index contributed by atoms with van der Waals surface area (Å²) in [4.78, 5) is 18.3. The quantitative estimate of drug-likeness (QED) is 0.839. The van der Waals surface area contributed by atoms with Crippen molar-refractivity contribution in [1.82, 2.24) is 9.88 Å². The molecule has 3 aliphatic rings. The lowest BCUT2D eigenvalue weighted by atomic mass is 9.78. The van der Waals surface area contributed by atoms with Crippen LogP contribution in [0.1, 0.15) is 43.5 Å². The topological polar surface area (TPSA) is 51.7 Å². The van der Waals surface area contributed by atoms with E-state index in [-0.39, 0.29) is 17.6 Å². The summed E-state index contributed by atoms with van der Waals surface area (Å²) in [5, 5.41) is 0. The molecule has 5 nitrogen and oxygen atoms in total. The maximum atomic E-state index is 14.3. The Kier molecular flexibility index (Phi) is 4.28. The maximum absolute atomic E-state index is 14.3. The van der Waals surface area contributed by atoms with Crippen molar-refractivity contribution in [3.8, 4) is 0 Å². The molecule has 2 aliphatic heterocycles. The molecule has 3 heterocycles. The van der Waals surface area contributed by atoms with Crippen LogP contribution in [0, 0.1) is 6.92 Å². The number of likely N-dealkylation sites (tertiary alicyclic amines) is 1. The Balaban J connectivity index is 1.29. The minimum atomic E-state index is -1.61. The number of carbonyl (C=O) groups is 1. The van der Waals surface area contributed by atoms with Crippen LogP contribution in [0.3, 0.4) is 0 Å². The van der Waals surface area contributed by atoms with Gasteiger partial charge in [0, 0.05) is 18.7 Å². The molecule has 0 radical (unpaired) electrons. The molecule has 3 fully saturated rings. The molecule has 25 heavy (non-hydrogen) atoms. The monoisotopic (exact) mass is 348 g/mol. The van der Waals surface area contributed by atoms with Gasteiger partial charge in [0.15, 0.2) is 5.67 Å². The number of carbonyl (C=O) groups excluding carboxylic acids is 1. The lowest BCUT2D eigenvalue weighted by Gasteiger charge is -2.54. The van der Waals surface area contributed by atoms with Gasteiger partial charge in [-0.15, -0.1) is 0 Å². The van der Waals surface area contributed by atoms with Gasteiger partial charge in [-0.3, -0.25) is 9.78 Å². The van der Waals surface area contributed by atoms with E-state index in [1.165, 1.54) is 0 Å². The Morgan fingerprint density at radius 2 is 2.24 bits per heavy atom. The fraction of sp³-hybridized carbons (Fsp3) is 0.684. The number of pyridine rings is 1.